The maximum Gasteiger partial charge on any atom is 0.273 e. The molecule has 0 aliphatic carbocycles. The molecule has 0 radical (unpaired) electrons. The highest BCUT2D eigenvalue weighted by atomic mass is 35.5. The van der Waals surface area contributed by atoms with E-state index in [9.17, 15) is 13.2 Å². The number of thiophene rings is 1. The highest BCUT2D eigenvalue weighted by molar-refractivity contribution is 7.92. The van der Waals surface area contributed by atoms with Crippen molar-refractivity contribution in [1.29, 1.82) is 0 Å². The number of hydrogen-bond acceptors (Lipinski definition) is 4. The zero-order chi connectivity index (χ0) is 20.1. The van der Waals surface area contributed by atoms with Crippen molar-refractivity contribution in [2.24, 2.45) is 0 Å². The number of carbonyl (C=O) groups is 1. The van der Waals surface area contributed by atoms with Gasteiger partial charge in [-0.25, -0.2) is 13.1 Å². The predicted octanol–water partition coefficient (Wildman–Crippen LogP) is 5.16. The van der Waals surface area contributed by atoms with Gasteiger partial charge in [-0.15, -0.1) is 11.3 Å². The summed E-state index contributed by atoms with van der Waals surface area (Å²) in [6.07, 6.45) is 3.35. The van der Waals surface area contributed by atoms with E-state index >= 15 is 0 Å². The molecule has 0 atom stereocenters. The lowest BCUT2D eigenvalue weighted by atomic mass is 9.99. The highest BCUT2D eigenvalue weighted by Crippen LogP contribution is 2.23. The van der Waals surface area contributed by atoms with Gasteiger partial charge >= 0.3 is 0 Å². The van der Waals surface area contributed by atoms with Crippen molar-refractivity contribution in [3.63, 3.8) is 0 Å². The van der Waals surface area contributed by atoms with Gasteiger partial charge < -0.3 is 0 Å². The molecule has 144 valence electrons. The van der Waals surface area contributed by atoms with E-state index in [-0.39, 0.29) is 4.21 Å². The van der Waals surface area contributed by atoms with Gasteiger partial charge in [0.2, 0.25) is 0 Å². The number of amides is 1. The fraction of sp³-hybridized carbons (Fsp3) is 0.0500. The first-order valence-corrected chi connectivity index (χ1v) is 11.3. The van der Waals surface area contributed by atoms with Crippen LogP contribution in [0.5, 0.6) is 0 Å². The predicted molar refractivity (Wildman–Crippen MR) is 114 cm³/mol. The standard InChI is InChI=1S/C20H15Cl2NO3S2/c21-17-11-14(12-18(22)13-17)10-16-5-2-1-4-15(16)7-8-19(24)23-28(25,26)20-6-3-9-27-20/h1-9,11-13H,10H2,(H,23,24)/b8-7+. The summed E-state index contributed by atoms with van der Waals surface area (Å²) in [7, 11) is -3.85. The summed E-state index contributed by atoms with van der Waals surface area (Å²) in [5.41, 5.74) is 2.68. The minimum Gasteiger partial charge on any atom is -0.269 e. The zero-order valence-electron chi connectivity index (χ0n) is 14.4. The third-order valence-electron chi connectivity index (χ3n) is 3.78. The molecule has 1 amide bonds. The lowest BCUT2D eigenvalue weighted by Gasteiger charge is -2.08. The molecule has 1 heterocycles. The van der Waals surface area contributed by atoms with Crippen LogP contribution in [-0.2, 0) is 21.2 Å². The molecule has 8 heteroatoms. The van der Waals surface area contributed by atoms with E-state index in [1.54, 1.807) is 23.6 Å². The van der Waals surface area contributed by atoms with E-state index in [1.165, 1.54) is 12.1 Å². The second-order valence-electron chi connectivity index (χ2n) is 5.89. The normalized spacial score (nSPS) is 11.6. The van der Waals surface area contributed by atoms with Gasteiger partial charge in [-0.1, -0.05) is 53.5 Å². The molecule has 28 heavy (non-hydrogen) atoms. The molecule has 3 rings (SSSR count). The van der Waals surface area contributed by atoms with Crippen molar-refractivity contribution in [3.8, 4) is 0 Å². The number of benzene rings is 2. The number of sulfonamides is 1. The molecular formula is C20H15Cl2NO3S2. The SMILES string of the molecule is O=C(/C=C/c1ccccc1Cc1cc(Cl)cc(Cl)c1)NS(=O)(=O)c1cccs1. The molecule has 2 aromatic carbocycles. The summed E-state index contributed by atoms with van der Waals surface area (Å²) < 4.78 is 26.3. The van der Waals surface area contributed by atoms with E-state index in [0.717, 1.165) is 28.0 Å². The Morgan fingerprint density at radius 2 is 1.75 bits per heavy atom. The topological polar surface area (TPSA) is 63.2 Å². The minimum absolute atomic E-state index is 0.0903. The molecule has 1 aromatic heterocycles. The molecule has 0 unspecified atom stereocenters. The van der Waals surface area contributed by atoms with Crippen LogP contribution in [0.2, 0.25) is 10.0 Å². The van der Waals surface area contributed by atoms with Crippen LogP contribution in [0.25, 0.3) is 6.08 Å². The molecule has 0 fully saturated rings. The quantitative estimate of drug-likeness (QED) is 0.526. The Bertz CT molecular complexity index is 1100. The highest BCUT2D eigenvalue weighted by Gasteiger charge is 2.17. The number of nitrogens with one attached hydrogen (secondary N) is 1. The molecule has 3 aromatic rings. The number of carbonyl (C=O) groups excluding carboxylic acids is 1. The molecule has 4 nitrogen and oxygen atoms in total. The first-order chi connectivity index (χ1) is 13.3. The minimum atomic E-state index is -3.85. The Balaban J connectivity index is 1.76. The number of hydrogen-bond donors (Lipinski definition) is 1. The largest absolute Gasteiger partial charge is 0.273 e. The van der Waals surface area contributed by atoms with Gasteiger partial charge in [-0.2, -0.15) is 0 Å². The van der Waals surface area contributed by atoms with Crippen molar-refractivity contribution in [1.82, 2.24) is 4.72 Å². The Labute approximate surface area is 177 Å². The fourth-order valence-electron chi connectivity index (χ4n) is 2.59. The number of halogens is 2. The van der Waals surface area contributed by atoms with Gasteiger partial charge in [-0.3, -0.25) is 4.79 Å². The van der Waals surface area contributed by atoms with Crippen molar-refractivity contribution in [2.45, 2.75) is 10.6 Å². The van der Waals surface area contributed by atoms with E-state index in [0.29, 0.717) is 16.5 Å². The van der Waals surface area contributed by atoms with Gasteiger partial charge in [0.05, 0.1) is 0 Å². The van der Waals surface area contributed by atoms with Crippen LogP contribution in [0.15, 0.2) is 70.3 Å². The Morgan fingerprint density at radius 1 is 1.04 bits per heavy atom. The maximum absolute atomic E-state index is 12.1. The van der Waals surface area contributed by atoms with Crippen LogP contribution in [-0.4, -0.2) is 14.3 Å². The summed E-state index contributed by atoms with van der Waals surface area (Å²) in [6, 6.07) is 15.9. The summed E-state index contributed by atoms with van der Waals surface area (Å²) in [6.45, 7) is 0. The fourth-order valence-corrected chi connectivity index (χ4v) is 5.10. The lowest BCUT2D eigenvalue weighted by Crippen LogP contribution is -2.28. The molecule has 0 saturated carbocycles. The Morgan fingerprint density at radius 3 is 2.43 bits per heavy atom. The number of rotatable bonds is 6. The average molecular weight is 452 g/mol. The van der Waals surface area contributed by atoms with Crippen molar-refractivity contribution in [2.75, 3.05) is 0 Å². The first kappa shape index (κ1) is 20.6. The molecule has 0 spiro atoms. The lowest BCUT2D eigenvalue weighted by molar-refractivity contribution is -0.114. The van der Waals surface area contributed by atoms with Crippen LogP contribution < -0.4 is 4.72 Å². The van der Waals surface area contributed by atoms with Gasteiger partial charge in [0, 0.05) is 16.1 Å². The summed E-state index contributed by atoms with van der Waals surface area (Å²) >= 11 is 13.2. The zero-order valence-corrected chi connectivity index (χ0v) is 17.6. The summed E-state index contributed by atoms with van der Waals surface area (Å²) in [4.78, 5) is 12.1. The maximum atomic E-state index is 12.1. The smallest absolute Gasteiger partial charge is 0.269 e. The van der Waals surface area contributed by atoms with Gasteiger partial charge in [-0.05, 0) is 58.8 Å². The van der Waals surface area contributed by atoms with E-state index in [2.05, 4.69) is 0 Å². The van der Waals surface area contributed by atoms with Gasteiger partial charge in [0.1, 0.15) is 4.21 Å². The molecule has 0 bridgehead atoms. The molecule has 0 saturated heterocycles. The van der Waals surface area contributed by atoms with Crippen LogP contribution in [0.3, 0.4) is 0 Å². The van der Waals surface area contributed by atoms with Crippen molar-refractivity contribution >= 4 is 56.5 Å². The second kappa shape index (κ2) is 8.92. The third-order valence-corrected chi connectivity index (χ3v) is 6.96. The molecule has 0 aliphatic heterocycles. The van der Waals surface area contributed by atoms with E-state index in [4.69, 9.17) is 23.2 Å². The Hall–Kier alpha value is -2.12. The van der Waals surface area contributed by atoms with Crippen LogP contribution >= 0.6 is 34.5 Å². The van der Waals surface area contributed by atoms with Crippen molar-refractivity contribution in [3.05, 3.63) is 92.8 Å². The summed E-state index contributed by atoms with van der Waals surface area (Å²) in [5, 5.41) is 2.73. The average Bonchev–Trinajstić information content (AvgIpc) is 3.15. The van der Waals surface area contributed by atoms with E-state index < -0.39 is 15.9 Å². The monoisotopic (exact) mass is 451 g/mol. The first-order valence-electron chi connectivity index (χ1n) is 8.15. The molecule has 0 aliphatic rings. The summed E-state index contributed by atoms with van der Waals surface area (Å²) in [5.74, 6) is -0.714. The van der Waals surface area contributed by atoms with Gasteiger partial charge in [0.15, 0.2) is 0 Å². The van der Waals surface area contributed by atoms with Gasteiger partial charge in [0.25, 0.3) is 15.9 Å². The second-order valence-corrected chi connectivity index (χ2v) is 9.62. The molecule has 1 N–H and O–H groups in total. The van der Waals surface area contributed by atoms with Crippen LogP contribution in [0, 0.1) is 0 Å². The van der Waals surface area contributed by atoms with Crippen LogP contribution in [0.1, 0.15) is 16.7 Å². The van der Waals surface area contributed by atoms with E-state index in [1.807, 2.05) is 41.1 Å². The third kappa shape index (κ3) is 5.45. The molecular weight excluding hydrogens is 437 g/mol. The van der Waals surface area contributed by atoms with Crippen LogP contribution in [0.4, 0.5) is 0 Å². The van der Waals surface area contributed by atoms with Crippen molar-refractivity contribution < 1.29 is 13.2 Å². The Kier molecular flexibility index (Phi) is 6.57.